The number of hydrogen-bond donors (Lipinski definition) is 2. The van der Waals surface area contributed by atoms with Crippen LogP contribution >= 0.6 is 0 Å². The Bertz CT molecular complexity index is 827. The van der Waals surface area contributed by atoms with Crippen LogP contribution in [0.2, 0.25) is 0 Å². The SMILES string of the molecule is CCN(CC(=O)Nc1ccc(NC(C)=O)cc1)Cc1ccn(C)c(=O)c1. The highest BCUT2D eigenvalue weighted by molar-refractivity contribution is 5.93. The van der Waals surface area contributed by atoms with Crippen LogP contribution < -0.4 is 16.2 Å². The van der Waals surface area contributed by atoms with Crippen molar-refractivity contribution in [2.75, 3.05) is 23.7 Å². The van der Waals surface area contributed by atoms with Crippen LogP contribution in [0.1, 0.15) is 19.4 Å². The largest absolute Gasteiger partial charge is 0.326 e. The third-order valence-corrected chi connectivity index (χ3v) is 3.88. The minimum absolute atomic E-state index is 0.0673. The number of rotatable bonds is 7. The van der Waals surface area contributed by atoms with Crippen molar-refractivity contribution in [1.29, 1.82) is 0 Å². The molecule has 7 nitrogen and oxygen atoms in total. The van der Waals surface area contributed by atoms with Crippen LogP contribution in [0.15, 0.2) is 47.4 Å². The summed E-state index contributed by atoms with van der Waals surface area (Å²) in [5, 5.41) is 5.51. The molecule has 2 rings (SSSR count). The molecular weight excluding hydrogens is 332 g/mol. The second-order valence-corrected chi connectivity index (χ2v) is 6.09. The average Bonchev–Trinajstić information content (AvgIpc) is 2.59. The number of nitrogens with zero attached hydrogens (tertiary/aromatic N) is 2. The first kappa shape index (κ1) is 19.4. The Hall–Kier alpha value is -2.93. The van der Waals surface area contributed by atoms with Crippen LogP contribution in [0.25, 0.3) is 0 Å². The molecule has 138 valence electrons. The molecule has 26 heavy (non-hydrogen) atoms. The van der Waals surface area contributed by atoms with E-state index in [1.807, 2.05) is 17.9 Å². The zero-order valence-electron chi connectivity index (χ0n) is 15.3. The Balaban J connectivity index is 1.92. The van der Waals surface area contributed by atoms with Crippen molar-refractivity contribution in [2.45, 2.75) is 20.4 Å². The first-order valence-corrected chi connectivity index (χ1v) is 8.43. The molecule has 2 aromatic rings. The zero-order chi connectivity index (χ0) is 19.1. The van der Waals surface area contributed by atoms with E-state index in [0.717, 1.165) is 5.56 Å². The lowest BCUT2D eigenvalue weighted by atomic mass is 10.2. The first-order valence-electron chi connectivity index (χ1n) is 8.43. The summed E-state index contributed by atoms with van der Waals surface area (Å²) in [5.74, 6) is -0.279. The van der Waals surface area contributed by atoms with Gasteiger partial charge in [-0.05, 0) is 42.4 Å². The molecule has 0 aliphatic heterocycles. The highest BCUT2D eigenvalue weighted by Gasteiger charge is 2.11. The number of pyridine rings is 1. The number of anilines is 2. The molecule has 1 aromatic heterocycles. The number of likely N-dealkylation sites (N-methyl/N-ethyl adjacent to an activating group) is 1. The number of aromatic nitrogens is 1. The molecule has 0 atom stereocenters. The Morgan fingerprint density at radius 1 is 1.08 bits per heavy atom. The highest BCUT2D eigenvalue weighted by Crippen LogP contribution is 2.13. The van der Waals surface area contributed by atoms with Crippen molar-refractivity contribution >= 4 is 23.2 Å². The van der Waals surface area contributed by atoms with Crippen LogP contribution in [0, 0.1) is 0 Å². The van der Waals surface area contributed by atoms with E-state index < -0.39 is 0 Å². The molecule has 2 amide bonds. The topological polar surface area (TPSA) is 83.4 Å². The second kappa shape index (κ2) is 8.96. The van der Waals surface area contributed by atoms with E-state index in [-0.39, 0.29) is 23.9 Å². The Kier molecular flexibility index (Phi) is 6.68. The van der Waals surface area contributed by atoms with Crippen molar-refractivity contribution in [3.8, 4) is 0 Å². The molecule has 2 N–H and O–H groups in total. The predicted molar refractivity (Wildman–Crippen MR) is 102 cm³/mol. The van der Waals surface area contributed by atoms with Gasteiger partial charge in [-0.2, -0.15) is 0 Å². The van der Waals surface area contributed by atoms with Gasteiger partial charge in [0, 0.05) is 44.2 Å². The molecule has 0 radical (unpaired) electrons. The van der Waals surface area contributed by atoms with Gasteiger partial charge in [-0.1, -0.05) is 6.92 Å². The normalized spacial score (nSPS) is 10.6. The lowest BCUT2D eigenvalue weighted by molar-refractivity contribution is -0.117. The number of benzene rings is 1. The number of aryl methyl sites for hydroxylation is 1. The fourth-order valence-electron chi connectivity index (χ4n) is 2.47. The fraction of sp³-hybridized carbons (Fsp3) is 0.316. The summed E-state index contributed by atoms with van der Waals surface area (Å²) in [6.45, 7) is 4.85. The average molecular weight is 356 g/mol. The smallest absolute Gasteiger partial charge is 0.250 e. The number of hydrogen-bond acceptors (Lipinski definition) is 4. The Labute approximate surface area is 152 Å². The molecule has 0 saturated carbocycles. The van der Waals surface area contributed by atoms with Crippen molar-refractivity contribution in [1.82, 2.24) is 9.47 Å². The predicted octanol–water partition coefficient (Wildman–Crippen LogP) is 1.80. The molecular formula is C19H24N4O3. The lowest BCUT2D eigenvalue weighted by Crippen LogP contribution is -2.33. The summed E-state index contributed by atoms with van der Waals surface area (Å²) in [5.41, 5.74) is 2.15. The van der Waals surface area contributed by atoms with Crippen LogP contribution in [0.3, 0.4) is 0 Å². The van der Waals surface area contributed by atoms with Gasteiger partial charge >= 0.3 is 0 Å². The minimum atomic E-state index is -0.142. The Morgan fingerprint density at radius 2 is 1.69 bits per heavy atom. The quantitative estimate of drug-likeness (QED) is 0.792. The minimum Gasteiger partial charge on any atom is -0.326 e. The van der Waals surface area contributed by atoms with E-state index in [1.54, 1.807) is 43.6 Å². The molecule has 0 fully saturated rings. The van der Waals surface area contributed by atoms with Crippen LogP contribution in [-0.2, 0) is 23.2 Å². The van der Waals surface area contributed by atoms with E-state index in [1.165, 1.54) is 11.5 Å². The number of nitrogens with one attached hydrogen (secondary N) is 2. The molecule has 0 spiro atoms. The molecule has 1 heterocycles. The van der Waals surface area contributed by atoms with Crippen LogP contribution in [0.4, 0.5) is 11.4 Å². The summed E-state index contributed by atoms with van der Waals surface area (Å²) >= 11 is 0. The lowest BCUT2D eigenvalue weighted by Gasteiger charge is -2.20. The third-order valence-electron chi connectivity index (χ3n) is 3.88. The first-order chi connectivity index (χ1) is 12.4. The van der Waals surface area contributed by atoms with Gasteiger partial charge in [-0.15, -0.1) is 0 Å². The highest BCUT2D eigenvalue weighted by atomic mass is 16.2. The zero-order valence-corrected chi connectivity index (χ0v) is 15.3. The van der Waals surface area contributed by atoms with Crippen LogP contribution in [0.5, 0.6) is 0 Å². The number of amides is 2. The van der Waals surface area contributed by atoms with Gasteiger partial charge in [0.2, 0.25) is 11.8 Å². The van der Waals surface area contributed by atoms with Gasteiger partial charge in [0.05, 0.1) is 6.54 Å². The Morgan fingerprint density at radius 3 is 2.23 bits per heavy atom. The summed E-state index contributed by atoms with van der Waals surface area (Å²) in [7, 11) is 1.70. The van der Waals surface area contributed by atoms with Gasteiger partial charge in [0.25, 0.3) is 5.56 Å². The van der Waals surface area contributed by atoms with E-state index in [2.05, 4.69) is 10.6 Å². The summed E-state index contributed by atoms with van der Waals surface area (Å²) in [6.07, 6.45) is 1.72. The van der Waals surface area contributed by atoms with Crippen molar-refractivity contribution in [3.05, 3.63) is 58.5 Å². The van der Waals surface area contributed by atoms with E-state index in [9.17, 15) is 14.4 Å². The van der Waals surface area contributed by atoms with Gasteiger partial charge in [-0.3, -0.25) is 19.3 Å². The summed E-state index contributed by atoms with van der Waals surface area (Å²) < 4.78 is 1.51. The van der Waals surface area contributed by atoms with Crippen LogP contribution in [-0.4, -0.2) is 34.4 Å². The van der Waals surface area contributed by atoms with Crippen molar-refractivity contribution in [3.63, 3.8) is 0 Å². The monoisotopic (exact) mass is 356 g/mol. The number of carbonyl (C=O) groups excluding carboxylic acids is 2. The molecule has 0 aliphatic rings. The van der Waals surface area contributed by atoms with E-state index in [0.29, 0.717) is 24.5 Å². The second-order valence-electron chi connectivity index (χ2n) is 6.09. The summed E-state index contributed by atoms with van der Waals surface area (Å²) in [6, 6.07) is 10.4. The third kappa shape index (κ3) is 5.86. The van der Waals surface area contributed by atoms with Gasteiger partial charge in [0.1, 0.15) is 0 Å². The van der Waals surface area contributed by atoms with Gasteiger partial charge in [-0.25, -0.2) is 0 Å². The van der Waals surface area contributed by atoms with Crippen molar-refractivity contribution < 1.29 is 9.59 Å². The molecule has 0 aliphatic carbocycles. The van der Waals surface area contributed by atoms with Gasteiger partial charge < -0.3 is 15.2 Å². The maximum atomic E-state index is 12.3. The van der Waals surface area contributed by atoms with E-state index in [4.69, 9.17) is 0 Å². The molecule has 0 bridgehead atoms. The standard InChI is InChI=1S/C19H24N4O3/c1-4-23(12-15-9-10-22(3)19(26)11-15)13-18(25)21-17-7-5-16(6-8-17)20-14(2)24/h5-11H,4,12-13H2,1-3H3,(H,20,24)(H,21,25). The fourth-order valence-corrected chi connectivity index (χ4v) is 2.47. The molecule has 7 heteroatoms. The van der Waals surface area contributed by atoms with E-state index >= 15 is 0 Å². The molecule has 0 unspecified atom stereocenters. The number of carbonyl (C=O) groups is 2. The summed E-state index contributed by atoms with van der Waals surface area (Å²) in [4.78, 5) is 36.9. The maximum Gasteiger partial charge on any atom is 0.250 e. The maximum absolute atomic E-state index is 12.3. The molecule has 1 aromatic carbocycles. The van der Waals surface area contributed by atoms with Gasteiger partial charge in [0.15, 0.2) is 0 Å². The molecule has 0 saturated heterocycles. The van der Waals surface area contributed by atoms with Crippen molar-refractivity contribution in [2.24, 2.45) is 7.05 Å².